The van der Waals surface area contributed by atoms with E-state index in [2.05, 4.69) is 4.98 Å². The molecule has 0 N–H and O–H groups in total. The van der Waals surface area contributed by atoms with Crippen LogP contribution in [-0.2, 0) is 0 Å². The molecule has 0 atom stereocenters. The third-order valence-corrected chi connectivity index (χ3v) is 5.23. The summed E-state index contributed by atoms with van der Waals surface area (Å²) < 4.78 is 5.43. The third kappa shape index (κ3) is 3.52. The van der Waals surface area contributed by atoms with E-state index in [4.69, 9.17) is 4.74 Å². The molecule has 5 heteroatoms. The van der Waals surface area contributed by atoms with Crippen LogP contribution >= 0.6 is 22.7 Å². The van der Waals surface area contributed by atoms with Crippen LogP contribution in [-0.4, -0.2) is 11.0 Å². The van der Waals surface area contributed by atoms with E-state index < -0.39 is 5.97 Å². The molecule has 0 saturated carbocycles. The van der Waals surface area contributed by atoms with E-state index in [0.717, 1.165) is 21.7 Å². The first kappa shape index (κ1) is 15.7. The van der Waals surface area contributed by atoms with Gasteiger partial charge in [0.15, 0.2) is 5.69 Å². The van der Waals surface area contributed by atoms with Gasteiger partial charge in [0.1, 0.15) is 10.8 Å². The van der Waals surface area contributed by atoms with Gasteiger partial charge in [-0.25, -0.2) is 9.78 Å². The minimum Gasteiger partial charge on any atom is -0.422 e. The fourth-order valence-electron chi connectivity index (χ4n) is 2.39. The zero-order chi connectivity index (χ0) is 17.1. The normalized spacial score (nSPS) is 10.6. The molecule has 0 aliphatic rings. The van der Waals surface area contributed by atoms with Crippen molar-refractivity contribution in [3.05, 3.63) is 82.5 Å². The van der Waals surface area contributed by atoms with Crippen molar-refractivity contribution in [3.8, 4) is 27.4 Å². The zero-order valence-corrected chi connectivity index (χ0v) is 14.7. The van der Waals surface area contributed by atoms with Crippen LogP contribution in [0.2, 0.25) is 0 Å². The van der Waals surface area contributed by atoms with Crippen LogP contribution in [0.15, 0.2) is 76.8 Å². The van der Waals surface area contributed by atoms with E-state index in [-0.39, 0.29) is 0 Å². The van der Waals surface area contributed by atoms with Gasteiger partial charge in [-0.05, 0) is 34.7 Å². The Balaban J connectivity index is 1.48. The number of thiophene rings is 1. The molecule has 0 unspecified atom stereocenters. The summed E-state index contributed by atoms with van der Waals surface area (Å²) in [5.41, 5.74) is 3.56. The van der Waals surface area contributed by atoms with Crippen LogP contribution in [0.3, 0.4) is 0 Å². The molecule has 122 valence electrons. The maximum Gasteiger partial charge on any atom is 0.363 e. The summed E-state index contributed by atoms with van der Waals surface area (Å²) >= 11 is 3.05. The first-order valence-electron chi connectivity index (χ1n) is 7.65. The van der Waals surface area contributed by atoms with Crippen molar-refractivity contribution in [2.75, 3.05) is 0 Å². The molecule has 3 nitrogen and oxygen atoms in total. The van der Waals surface area contributed by atoms with Gasteiger partial charge in [-0.15, -0.1) is 11.3 Å². The highest BCUT2D eigenvalue weighted by molar-refractivity contribution is 7.14. The molecule has 4 aromatic rings. The number of rotatable bonds is 4. The second kappa shape index (κ2) is 7.01. The van der Waals surface area contributed by atoms with Crippen LogP contribution in [0.4, 0.5) is 0 Å². The van der Waals surface area contributed by atoms with Crippen molar-refractivity contribution < 1.29 is 9.53 Å². The monoisotopic (exact) mass is 363 g/mol. The van der Waals surface area contributed by atoms with Crippen LogP contribution < -0.4 is 4.74 Å². The summed E-state index contributed by atoms with van der Waals surface area (Å²) in [4.78, 5) is 16.6. The molecular weight excluding hydrogens is 350 g/mol. The van der Waals surface area contributed by atoms with Gasteiger partial charge in [-0.1, -0.05) is 42.5 Å². The molecule has 0 amide bonds. The molecular formula is C20H13NO2S2. The number of ether oxygens (including phenoxy) is 1. The Bertz CT molecular complexity index is 974. The second-order valence-electron chi connectivity index (χ2n) is 5.33. The summed E-state index contributed by atoms with van der Waals surface area (Å²) in [5.74, 6) is 0.0694. The Morgan fingerprint density at radius 1 is 0.840 bits per heavy atom. The Morgan fingerprint density at radius 3 is 2.32 bits per heavy atom. The Labute approximate surface area is 153 Å². The van der Waals surface area contributed by atoms with E-state index in [1.54, 1.807) is 28.8 Å². The number of hydrogen-bond donors (Lipinski definition) is 0. The highest BCUT2D eigenvalue weighted by Crippen LogP contribution is 2.27. The number of benzene rings is 2. The topological polar surface area (TPSA) is 39.2 Å². The van der Waals surface area contributed by atoms with Gasteiger partial charge in [0.05, 0.1) is 0 Å². The van der Waals surface area contributed by atoms with Gasteiger partial charge in [0, 0.05) is 16.3 Å². The molecule has 0 spiro atoms. The summed E-state index contributed by atoms with van der Waals surface area (Å²) in [5, 5.41) is 6.56. The number of thiazole rings is 1. The molecule has 0 bridgehead atoms. The average Bonchev–Trinajstić information content (AvgIpc) is 3.35. The van der Waals surface area contributed by atoms with E-state index in [9.17, 15) is 4.79 Å². The lowest BCUT2D eigenvalue weighted by Crippen LogP contribution is -2.08. The summed E-state index contributed by atoms with van der Waals surface area (Å²) in [6, 6.07) is 19.5. The van der Waals surface area contributed by atoms with E-state index >= 15 is 0 Å². The molecule has 0 aliphatic heterocycles. The highest BCUT2D eigenvalue weighted by atomic mass is 32.1. The van der Waals surface area contributed by atoms with E-state index in [1.807, 2.05) is 59.3 Å². The smallest absolute Gasteiger partial charge is 0.363 e. The predicted molar refractivity (Wildman–Crippen MR) is 102 cm³/mol. The summed E-state index contributed by atoms with van der Waals surface area (Å²) in [6.07, 6.45) is 0. The fourth-order valence-corrected chi connectivity index (χ4v) is 3.89. The Morgan fingerprint density at radius 2 is 1.60 bits per heavy atom. The predicted octanol–water partition coefficient (Wildman–Crippen LogP) is 5.76. The fraction of sp³-hybridized carbons (Fsp3) is 0. The van der Waals surface area contributed by atoms with Gasteiger partial charge < -0.3 is 4.74 Å². The van der Waals surface area contributed by atoms with Crippen LogP contribution in [0.5, 0.6) is 5.75 Å². The summed E-state index contributed by atoms with van der Waals surface area (Å²) in [6.45, 7) is 0. The third-order valence-electron chi connectivity index (χ3n) is 3.65. The van der Waals surface area contributed by atoms with Crippen molar-refractivity contribution in [1.29, 1.82) is 0 Å². The van der Waals surface area contributed by atoms with Gasteiger partial charge in [-0.3, -0.25) is 0 Å². The SMILES string of the molecule is O=C(Oc1ccc(-c2ccccc2)cc1)c1csc(-c2ccsc2)n1. The highest BCUT2D eigenvalue weighted by Gasteiger charge is 2.14. The maximum atomic E-state index is 12.3. The molecule has 0 fully saturated rings. The van der Waals surface area contributed by atoms with Crippen molar-refractivity contribution in [2.45, 2.75) is 0 Å². The first-order valence-corrected chi connectivity index (χ1v) is 9.47. The Hall–Kier alpha value is -2.76. The van der Waals surface area contributed by atoms with Crippen LogP contribution in [0, 0.1) is 0 Å². The molecule has 4 rings (SSSR count). The number of carbonyl (C=O) groups is 1. The minimum absolute atomic E-state index is 0.332. The number of hydrogen-bond acceptors (Lipinski definition) is 5. The molecule has 2 aromatic heterocycles. The number of carbonyl (C=O) groups excluding carboxylic acids is 1. The lowest BCUT2D eigenvalue weighted by atomic mass is 10.1. The molecule has 25 heavy (non-hydrogen) atoms. The maximum absolute atomic E-state index is 12.3. The van der Waals surface area contributed by atoms with Gasteiger partial charge in [-0.2, -0.15) is 11.3 Å². The van der Waals surface area contributed by atoms with Crippen LogP contribution in [0.25, 0.3) is 21.7 Å². The van der Waals surface area contributed by atoms with E-state index in [1.165, 1.54) is 11.3 Å². The molecule has 2 aromatic carbocycles. The van der Waals surface area contributed by atoms with Crippen LogP contribution in [0.1, 0.15) is 10.5 Å². The quantitative estimate of drug-likeness (QED) is 0.342. The number of nitrogens with zero attached hydrogens (tertiary/aromatic N) is 1. The minimum atomic E-state index is -0.440. The van der Waals surface area contributed by atoms with E-state index in [0.29, 0.717) is 11.4 Å². The first-order chi connectivity index (χ1) is 12.3. The number of aromatic nitrogens is 1. The largest absolute Gasteiger partial charge is 0.422 e. The van der Waals surface area contributed by atoms with Crippen molar-refractivity contribution in [1.82, 2.24) is 4.98 Å². The average molecular weight is 363 g/mol. The molecule has 2 heterocycles. The standard InChI is InChI=1S/C20H13NO2S2/c22-20(18-13-25-19(21-18)16-10-11-24-12-16)23-17-8-6-15(7-9-17)14-4-2-1-3-5-14/h1-13H. The molecule has 0 radical (unpaired) electrons. The molecule has 0 aliphatic carbocycles. The van der Waals surface area contributed by atoms with Gasteiger partial charge >= 0.3 is 5.97 Å². The lowest BCUT2D eigenvalue weighted by Gasteiger charge is -2.05. The van der Waals surface area contributed by atoms with Crippen molar-refractivity contribution in [3.63, 3.8) is 0 Å². The number of esters is 1. The summed E-state index contributed by atoms with van der Waals surface area (Å²) in [7, 11) is 0. The van der Waals surface area contributed by atoms with Gasteiger partial charge in [0.2, 0.25) is 0 Å². The Kier molecular flexibility index (Phi) is 4.41. The zero-order valence-electron chi connectivity index (χ0n) is 13.1. The molecule has 0 saturated heterocycles. The second-order valence-corrected chi connectivity index (χ2v) is 6.97. The lowest BCUT2D eigenvalue weighted by molar-refractivity contribution is 0.0729. The van der Waals surface area contributed by atoms with Crippen molar-refractivity contribution >= 4 is 28.6 Å². The van der Waals surface area contributed by atoms with Crippen molar-refractivity contribution in [2.24, 2.45) is 0 Å². The van der Waals surface area contributed by atoms with Gasteiger partial charge in [0.25, 0.3) is 0 Å².